The van der Waals surface area contributed by atoms with Gasteiger partial charge in [0.15, 0.2) is 5.78 Å². The smallest absolute Gasteiger partial charge is 0.250 e. The summed E-state index contributed by atoms with van der Waals surface area (Å²) in [6, 6.07) is 10.8. The van der Waals surface area contributed by atoms with Gasteiger partial charge in [0.25, 0.3) is 5.56 Å². The van der Waals surface area contributed by atoms with E-state index in [0.29, 0.717) is 23.7 Å². The maximum absolute atomic E-state index is 12.8. The Morgan fingerprint density at radius 2 is 1.91 bits per heavy atom. The number of aryl methyl sites for hydroxylation is 1. The molecule has 33 heavy (non-hydrogen) atoms. The van der Waals surface area contributed by atoms with Crippen LogP contribution >= 0.6 is 0 Å². The zero-order valence-corrected chi connectivity index (χ0v) is 19.5. The molecule has 3 aromatic rings. The molecule has 0 amide bonds. The second kappa shape index (κ2) is 11.4. The third-order valence-corrected chi connectivity index (χ3v) is 5.78. The fraction of sp³-hybridized carbons (Fsp3) is 0.346. The van der Waals surface area contributed by atoms with Gasteiger partial charge in [-0.05, 0) is 36.6 Å². The number of hydrogen-bond acceptors (Lipinski definition) is 6. The van der Waals surface area contributed by atoms with Crippen molar-refractivity contribution < 1.29 is 4.79 Å². The van der Waals surface area contributed by atoms with Gasteiger partial charge in [0, 0.05) is 36.6 Å². The number of carbonyl (C=O) groups is 1. The number of carbonyl (C=O) groups excluding carboxylic acids is 1. The first kappa shape index (κ1) is 24.2. The summed E-state index contributed by atoms with van der Waals surface area (Å²) < 4.78 is 1.69. The van der Waals surface area contributed by atoms with Crippen molar-refractivity contribution in [2.24, 2.45) is 5.92 Å². The second-order valence-corrected chi connectivity index (χ2v) is 8.35. The Labute approximate surface area is 194 Å². The number of ketones is 1. The third-order valence-electron chi connectivity index (χ3n) is 5.78. The Kier molecular flexibility index (Phi) is 8.38. The molecule has 0 saturated heterocycles. The lowest BCUT2D eigenvalue weighted by atomic mass is 10.0. The topological polar surface area (TPSA) is 101 Å². The van der Waals surface area contributed by atoms with E-state index in [1.165, 1.54) is 12.3 Å². The molecule has 0 bridgehead atoms. The SMILES string of the molecule is CC[C@H](C)CCn1cc(-c2cncc(C(=O)CC(=N)c3ccc(CNC)cc3)n2)ccc1=O. The van der Waals surface area contributed by atoms with E-state index in [1.54, 1.807) is 23.0 Å². The Morgan fingerprint density at radius 1 is 1.15 bits per heavy atom. The number of Topliss-reactive ketones (excluding diaryl/α,β-unsaturated/α-hetero) is 1. The zero-order valence-electron chi connectivity index (χ0n) is 19.5. The predicted octanol–water partition coefficient (Wildman–Crippen LogP) is 4.10. The Hall–Kier alpha value is -3.45. The molecule has 0 aliphatic carbocycles. The van der Waals surface area contributed by atoms with Crippen LogP contribution in [-0.2, 0) is 13.1 Å². The maximum Gasteiger partial charge on any atom is 0.250 e. The molecule has 2 N–H and O–H groups in total. The number of nitrogens with zero attached hydrogens (tertiary/aromatic N) is 3. The van der Waals surface area contributed by atoms with E-state index in [-0.39, 0.29) is 29.2 Å². The van der Waals surface area contributed by atoms with Crippen LogP contribution in [0.5, 0.6) is 0 Å². The van der Waals surface area contributed by atoms with Crippen LogP contribution in [0.2, 0.25) is 0 Å². The van der Waals surface area contributed by atoms with Crippen LogP contribution in [0.25, 0.3) is 11.3 Å². The van der Waals surface area contributed by atoms with E-state index in [4.69, 9.17) is 5.41 Å². The first-order valence-corrected chi connectivity index (χ1v) is 11.3. The van der Waals surface area contributed by atoms with Crippen molar-refractivity contribution in [1.82, 2.24) is 19.9 Å². The van der Waals surface area contributed by atoms with Crippen LogP contribution in [0.3, 0.4) is 0 Å². The van der Waals surface area contributed by atoms with Gasteiger partial charge in [-0.25, -0.2) is 4.98 Å². The maximum atomic E-state index is 12.8. The third kappa shape index (κ3) is 6.52. The first-order valence-electron chi connectivity index (χ1n) is 11.3. The van der Waals surface area contributed by atoms with E-state index in [1.807, 2.05) is 31.3 Å². The summed E-state index contributed by atoms with van der Waals surface area (Å²) in [5.74, 6) is 0.273. The number of rotatable bonds is 11. The van der Waals surface area contributed by atoms with Gasteiger partial charge in [0.05, 0.1) is 24.5 Å². The van der Waals surface area contributed by atoms with Crippen LogP contribution in [0.1, 0.15) is 54.7 Å². The van der Waals surface area contributed by atoms with Crippen molar-refractivity contribution in [2.75, 3.05) is 7.05 Å². The number of nitrogens with one attached hydrogen (secondary N) is 2. The average molecular weight is 446 g/mol. The molecule has 0 radical (unpaired) electrons. The summed E-state index contributed by atoms with van der Waals surface area (Å²) in [6.45, 7) is 5.70. The normalized spacial score (nSPS) is 11.8. The summed E-state index contributed by atoms with van der Waals surface area (Å²) in [5, 5.41) is 11.4. The van der Waals surface area contributed by atoms with Gasteiger partial charge >= 0.3 is 0 Å². The molecule has 7 nitrogen and oxygen atoms in total. The number of aromatic nitrogens is 3. The summed E-state index contributed by atoms with van der Waals surface area (Å²) in [5.41, 5.74) is 3.47. The van der Waals surface area contributed by atoms with E-state index in [0.717, 1.165) is 30.5 Å². The summed E-state index contributed by atoms with van der Waals surface area (Å²) >= 11 is 0. The van der Waals surface area contributed by atoms with Gasteiger partial charge in [-0.15, -0.1) is 0 Å². The van der Waals surface area contributed by atoms with Crippen molar-refractivity contribution in [2.45, 2.75) is 46.2 Å². The van der Waals surface area contributed by atoms with E-state index >= 15 is 0 Å². The molecule has 1 atom stereocenters. The summed E-state index contributed by atoms with van der Waals surface area (Å²) in [7, 11) is 1.88. The molecule has 0 fully saturated rings. The standard InChI is InChI=1S/C26H31N5O2/c1-4-18(2)11-12-31-17-21(9-10-26(31)33)23-15-29-16-24(30-23)25(32)13-22(27)20-7-5-19(6-8-20)14-28-3/h5-10,15-18,27-28H,4,11-14H2,1-3H3/t18-/m0/s1. The van der Waals surface area contributed by atoms with E-state index < -0.39 is 0 Å². The minimum absolute atomic E-state index is 0.0576. The highest BCUT2D eigenvalue weighted by Crippen LogP contribution is 2.17. The molecular formula is C26H31N5O2. The highest BCUT2D eigenvalue weighted by Gasteiger charge is 2.14. The van der Waals surface area contributed by atoms with Gasteiger partial charge in [0.1, 0.15) is 5.69 Å². The number of hydrogen-bond donors (Lipinski definition) is 2. The molecule has 2 aromatic heterocycles. The molecule has 2 heterocycles. The highest BCUT2D eigenvalue weighted by molar-refractivity contribution is 6.13. The fourth-order valence-corrected chi connectivity index (χ4v) is 3.44. The average Bonchev–Trinajstić information content (AvgIpc) is 2.84. The molecule has 0 spiro atoms. The zero-order chi connectivity index (χ0) is 23.8. The van der Waals surface area contributed by atoms with Crippen LogP contribution in [0.4, 0.5) is 0 Å². The Bertz CT molecular complexity index is 1170. The molecule has 0 saturated carbocycles. The molecule has 0 unspecified atom stereocenters. The second-order valence-electron chi connectivity index (χ2n) is 8.35. The predicted molar refractivity (Wildman–Crippen MR) is 131 cm³/mol. The monoisotopic (exact) mass is 445 g/mol. The Morgan fingerprint density at radius 3 is 2.61 bits per heavy atom. The Balaban J connectivity index is 1.74. The number of benzene rings is 1. The molecule has 0 aliphatic rings. The lowest BCUT2D eigenvalue weighted by Crippen LogP contribution is -2.19. The highest BCUT2D eigenvalue weighted by atomic mass is 16.1. The molecular weight excluding hydrogens is 414 g/mol. The van der Waals surface area contributed by atoms with E-state index in [2.05, 4.69) is 29.1 Å². The lowest BCUT2D eigenvalue weighted by molar-refractivity contribution is 0.0995. The van der Waals surface area contributed by atoms with Crippen molar-refractivity contribution in [3.63, 3.8) is 0 Å². The minimum atomic E-state index is -0.265. The van der Waals surface area contributed by atoms with Gasteiger partial charge in [-0.1, -0.05) is 44.5 Å². The molecule has 7 heteroatoms. The van der Waals surface area contributed by atoms with Gasteiger partial charge in [-0.3, -0.25) is 14.6 Å². The van der Waals surface area contributed by atoms with Crippen LogP contribution < -0.4 is 10.9 Å². The van der Waals surface area contributed by atoms with E-state index in [9.17, 15) is 9.59 Å². The minimum Gasteiger partial charge on any atom is -0.316 e. The van der Waals surface area contributed by atoms with Crippen molar-refractivity contribution >= 4 is 11.5 Å². The first-order chi connectivity index (χ1) is 15.9. The van der Waals surface area contributed by atoms with Gasteiger partial charge in [0.2, 0.25) is 0 Å². The molecule has 0 aliphatic heterocycles. The molecule has 3 rings (SSSR count). The molecule has 172 valence electrons. The van der Waals surface area contributed by atoms with Crippen LogP contribution in [0.15, 0.2) is 59.8 Å². The summed E-state index contributed by atoms with van der Waals surface area (Å²) in [4.78, 5) is 33.7. The largest absolute Gasteiger partial charge is 0.316 e. The lowest BCUT2D eigenvalue weighted by Gasteiger charge is -2.11. The fourth-order valence-electron chi connectivity index (χ4n) is 3.44. The van der Waals surface area contributed by atoms with Crippen LogP contribution in [0, 0.1) is 11.3 Å². The van der Waals surface area contributed by atoms with Gasteiger partial charge < -0.3 is 15.3 Å². The van der Waals surface area contributed by atoms with Gasteiger partial charge in [-0.2, -0.15) is 0 Å². The van der Waals surface area contributed by atoms with Crippen molar-refractivity contribution in [1.29, 1.82) is 5.41 Å². The molecule has 1 aromatic carbocycles. The van der Waals surface area contributed by atoms with Crippen LogP contribution in [-0.4, -0.2) is 33.1 Å². The van der Waals surface area contributed by atoms with Crippen molar-refractivity contribution in [3.05, 3.63) is 82.2 Å². The van der Waals surface area contributed by atoms with Crippen molar-refractivity contribution in [3.8, 4) is 11.3 Å². The summed E-state index contributed by atoms with van der Waals surface area (Å²) in [6.07, 6.45) is 6.71. The quantitative estimate of drug-likeness (QED) is 0.342. The number of pyridine rings is 1.